The number of hydrogen-bond acceptors (Lipinski definition) is 4. The molecule has 0 aliphatic carbocycles. The number of nitro groups is 1. The van der Waals surface area contributed by atoms with Gasteiger partial charge < -0.3 is 9.84 Å². The Morgan fingerprint density at radius 3 is 2.59 bits per heavy atom. The molecule has 0 aliphatic rings. The maximum atomic E-state index is 11.2. The lowest BCUT2D eigenvalue weighted by atomic mass is 10.1. The first-order valence-corrected chi connectivity index (χ1v) is 7.56. The Morgan fingerprint density at radius 2 is 2.05 bits per heavy atom. The van der Waals surface area contributed by atoms with E-state index in [9.17, 15) is 14.9 Å². The molecule has 1 rings (SSSR count). The number of carboxylic acid groups (broad SMARTS) is 1. The molecule has 1 aromatic carbocycles. The van der Waals surface area contributed by atoms with Gasteiger partial charge >= 0.3 is 11.7 Å². The van der Waals surface area contributed by atoms with E-state index >= 15 is 0 Å². The fourth-order valence-corrected chi connectivity index (χ4v) is 2.36. The van der Waals surface area contributed by atoms with Crippen LogP contribution in [0.3, 0.4) is 0 Å². The standard InChI is InChI=1S/C16H23NO5/c1-4-5-6-7-8-11(2)22-14-10-9-13(16(18)19)12(3)15(14)17(20)21/h9-11H,4-8H2,1-3H3,(H,18,19). The number of rotatable bonds is 9. The molecule has 22 heavy (non-hydrogen) atoms. The van der Waals surface area contributed by atoms with Crippen molar-refractivity contribution in [2.24, 2.45) is 0 Å². The first kappa shape index (κ1) is 17.9. The van der Waals surface area contributed by atoms with E-state index in [0.717, 1.165) is 25.7 Å². The molecule has 122 valence electrons. The molecule has 0 bridgehead atoms. The van der Waals surface area contributed by atoms with Gasteiger partial charge in [-0.05, 0) is 38.8 Å². The summed E-state index contributed by atoms with van der Waals surface area (Å²) in [6.45, 7) is 5.44. The van der Waals surface area contributed by atoms with Crippen LogP contribution in [0.2, 0.25) is 0 Å². The van der Waals surface area contributed by atoms with Crippen LogP contribution in [0.4, 0.5) is 5.69 Å². The molecule has 0 spiro atoms. The van der Waals surface area contributed by atoms with E-state index in [4.69, 9.17) is 9.84 Å². The molecule has 0 aliphatic heterocycles. The Bertz CT molecular complexity index is 542. The first-order valence-electron chi connectivity index (χ1n) is 7.56. The van der Waals surface area contributed by atoms with Gasteiger partial charge in [0.05, 0.1) is 16.6 Å². The second kappa shape index (κ2) is 8.36. The van der Waals surface area contributed by atoms with Gasteiger partial charge in [-0.25, -0.2) is 4.79 Å². The zero-order chi connectivity index (χ0) is 16.7. The van der Waals surface area contributed by atoms with Crippen molar-refractivity contribution in [2.75, 3.05) is 0 Å². The number of carbonyl (C=O) groups is 1. The summed E-state index contributed by atoms with van der Waals surface area (Å²) in [5, 5.41) is 20.3. The van der Waals surface area contributed by atoms with Crippen LogP contribution in [0, 0.1) is 17.0 Å². The zero-order valence-electron chi connectivity index (χ0n) is 13.3. The Kier molecular flexibility index (Phi) is 6.82. The van der Waals surface area contributed by atoms with Gasteiger partial charge in [0.1, 0.15) is 0 Å². The number of benzene rings is 1. The monoisotopic (exact) mass is 309 g/mol. The largest absolute Gasteiger partial charge is 0.484 e. The number of hydrogen-bond donors (Lipinski definition) is 1. The number of nitro benzene ring substituents is 1. The topological polar surface area (TPSA) is 89.7 Å². The van der Waals surface area contributed by atoms with E-state index in [2.05, 4.69) is 6.92 Å². The van der Waals surface area contributed by atoms with Crippen molar-refractivity contribution in [3.63, 3.8) is 0 Å². The van der Waals surface area contributed by atoms with Crippen molar-refractivity contribution in [2.45, 2.75) is 59.0 Å². The molecule has 6 nitrogen and oxygen atoms in total. The van der Waals surface area contributed by atoms with Gasteiger partial charge in [0, 0.05) is 5.56 Å². The number of nitrogens with zero attached hydrogens (tertiary/aromatic N) is 1. The lowest BCUT2D eigenvalue weighted by Crippen LogP contribution is -2.14. The highest BCUT2D eigenvalue weighted by Crippen LogP contribution is 2.34. The van der Waals surface area contributed by atoms with Gasteiger partial charge in [-0.15, -0.1) is 0 Å². The Morgan fingerprint density at radius 1 is 1.36 bits per heavy atom. The number of aromatic carboxylic acids is 1. The van der Waals surface area contributed by atoms with Gasteiger partial charge in [0.2, 0.25) is 0 Å². The summed E-state index contributed by atoms with van der Waals surface area (Å²) in [7, 11) is 0. The lowest BCUT2D eigenvalue weighted by molar-refractivity contribution is -0.386. The smallest absolute Gasteiger partial charge is 0.336 e. The van der Waals surface area contributed by atoms with Crippen LogP contribution >= 0.6 is 0 Å². The van der Waals surface area contributed by atoms with E-state index in [0.29, 0.717) is 0 Å². The molecule has 1 atom stereocenters. The van der Waals surface area contributed by atoms with Crippen LogP contribution in [0.15, 0.2) is 12.1 Å². The van der Waals surface area contributed by atoms with Gasteiger partial charge in [0.15, 0.2) is 5.75 Å². The van der Waals surface area contributed by atoms with Gasteiger partial charge in [-0.1, -0.05) is 26.2 Å². The van der Waals surface area contributed by atoms with Crippen LogP contribution in [0.1, 0.15) is 61.9 Å². The van der Waals surface area contributed by atoms with E-state index < -0.39 is 10.9 Å². The highest BCUT2D eigenvalue weighted by molar-refractivity contribution is 5.91. The number of ether oxygens (including phenoxy) is 1. The fraction of sp³-hybridized carbons (Fsp3) is 0.562. The van der Waals surface area contributed by atoms with Crippen LogP contribution < -0.4 is 4.74 Å². The molecule has 0 amide bonds. The molecule has 0 radical (unpaired) electrons. The quantitative estimate of drug-likeness (QED) is 0.416. The summed E-state index contributed by atoms with van der Waals surface area (Å²) in [5.74, 6) is -1.05. The minimum Gasteiger partial charge on any atom is -0.484 e. The van der Waals surface area contributed by atoms with Crippen LogP contribution in [0.25, 0.3) is 0 Å². The first-order chi connectivity index (χ1) is 10.4. The van der Waals surface area contributed by atoms with Crippen molar-refractivity contribution in [3.05, 3.63) is 33.4 Å². The van der Waals surface area contributed by atoms with Gasteiger partial charge in [-0.2, -0.15) is 0 Å². The zero-order valence-corrected chi connectivity index (χ0v) is 13.3. The van der Waals surface area contributed by atoms with Crippen molar-refractivity contribution >= 4 is 11.7 Å². The molecular formula is C16H23NO5. The summed E-state index contributed by atoms with van der Waals surface area (Å²) < 4.78 is 5.67. The Hall–Kier alpha value is -2.11. The molecule has 0 saturated carbocycles. The third-order valence-electron chi connectivity index (χ3n) is 3.60. The van der Waals surface area contributed by atoms with E-state index in [-0.39, 0.29) is 28.7 Å². The summed E-state index contributed by atoms with van der Waals surface area (Å²) >= 11 is 0. The van der Waals surface area contributed by atoms with Gasteiger partial charge in [-0.3, -0.25) is 10.1 Å². The van der Waals surface area contributed by atoms with Crippen LogP contribution in [-0.4, -0.2) is 22.1 Å². The summed E-state index contributed by atoms with van der Waals surface area (Å²) in [6.07, 6.45) is 5.11. The Labute approximate surface area is 130 Å². The van der Waals surface area contributed by atoms with Crippen LogP contribution in [-0.2, 0) is 0 Å². The minimum atomic E-state index is -1.18. The number of carboxylic acids is 1. The SMILES string of the molecule is CCCCCCC(C)Oc1ccc(C(=O)O)c(C)c1[N+](=O)[O-]. The molecule has 1 unspecified atom stereocenters. The fourth-order valence-electron chi connectivity index (χ4n) is 2.36. The van der Waals surface area contributed by atoms with E-state index in [1.807, 2.05) is 6.92 Å². The van der Waals surface area contributed by atoms with E-state index in [1.54, 1.807) is 0 Å². The van der Waals surface area contributed by atoms with Crippen molar-refractivity contribution in [1.82, 2.24) is 0 Å². The lowest BCUT2D eigenvalue weighted by Gasteiger charge is -2.16. The Balaban J connectivity index is 2.88. The average Bonchev–Trinajstić information content (AvgIpc) is 2.43. The van der Waals surface area contributed by atoms with Crippen LogP contribution in [0.5, 0.6) is 5.75 Å². The summed E-state index contributed by atoms with van der Waals surface area (Å²) in [4.78, 5) is 21.7. The predicted octanol–water partition coefficient (Wildman–Crippen LogP) is 4.34. The maximum Gasteiger partial charge on any atom is 0.336 e. The molecule has 1 aromatic rings. The third kappa shape index (κ3) is 4.72. The normalized spacial score (nSPS) is 12.0. The molecule has 0 fully saturated rings. The highest BCUT2D eigenvalue weighted by atomic mass is 16.6. The molecule has 0 saturated heterocycles. The molecule has 0 heterocycles. The maximum absolute atomic E-state index is 11.2. The second-order valence-electron chi connectivity index (χ2n) is 5.42. The third-order valence-corrected chi connectivity index (χ3v) is 3.60. The average molecular weight is 309 g/mol. The van der Waals surface area contributed by atoms with Crippen molar-refractivity contribution < 1.29 is 19.6 Å². The highest BCUT2D eigenvalue weighted by Gasteiger charge is 2.25. The van der Waals surface area contributed by atoms with Crippen molar-refractivity contribution in [3.8, 4) is 5.75 Å². The predicted molar refractivity (Wildman–Crippen MR) is 83.6 cm³/mol. The molecule has 1 N–H and O–H groups in total. The summed E-state index contributed by atoms with van der Waals surface area (Å²) in [6, 6.07) is 2.72. The van der Waals surface area contributed by atoms with Crippen molar-refractivity contribution in [1.29, 1.82) is 0 Å². The second-order valence-corrected chi connectivity index (χ2v) is 5.42. The summed E-state index contributed by atoms with van der Waals surface area (Å²) in [5.41, 5.74) is -0.219. The number of unbranched alkanes of at least 4 members (excludes halogenated alkanes) is 3. The minimum absolute atomic E-state index is 0.0744. The molecule has 0 aromatic heterocycles. The molecule has 6 heteroatoms. The van der Waals surface area contributed by atoms with Gasteiger partial charge in [0.25, 0.3) is 0 Å². The molecular weight excluding hydrogens is 286 g/mol. The van der Waals surface area contributed by atoms with E-state index in [1.165, 1.54) is 25.5 Å².